The normalized spacial score (nSPS) is 13.0. The average molecular weight is 580 g/mol. The molecule has 3 N–H and O–H groups in total. The molecule has 0 aliphatic carbocycles. The van der Waals surface area contributed by atoms with Gasteiger partial charge >= 0.3 is 12.1 Å². The Hall–Kier alpha value is -3.48. The number of carboxylic acid groups (broad SMARTS) is 1. The smallest absolute Gasteiger partial charge is 0.475 e. The molecule has 0 spiro atoms. The van der Waals surface area contributed by atoms with Crippen molar-refractivity contribution in [3.63, 3.8) is 0 Å². The summed E-state index contributed by atoms with van der Waals surface area (Å²) in [5.41, 5.74) is 6.55. The van der Waals surface area contributed by atoms with E-state index in [1.54, 1.807) is 6.20 Å². The second-order valence-electron chi connectivity index (χ2n) is 7.32. The minimum absolute atomic E-state index is 0.00356. The van der Waals surface area contributed by atoms with Gasteiger partial charge in [0.05, 0.1) is 26.0 Å². The topological polar surface area (TPSA) is 108 Å². The first-order valence-corrected chi connectivity index (χ1v) is 11.0. The van der Waals surface area contributed by atoms with Gasteiger partial charge in [-0.05, 0) is 46.9 Å². The lowest BCUT2D eigenvalue weighted by molar-refractivity contribution is -0.192. The number of rotatable bonds is 2. The van der Waals surface area contributed by atoms with Crippen LogP contribution in [0.5, 0.6) is 0 Å². The number of benzene rings is 1. The summed E-state index contributed by atoms with van der Waals surface area (Å²) in [6.45, 7) is 0.673. The van der Waals surface area contributed by atoms with Crippen LogP contribution in [0.1, 0.15) is 16.1 Å². The molecule has 1 aromatic carbocycles. The Morgan fingerprint density at radius 2 is 1.82 bits per heavy atom. The SMILES string of the molecule is O=C(O)C(F)(F)F.O=C1NCCc2[nH]c(-c3ccnc(-c4cnc5ccccc5c4)c3)c(I)c21. The molecule has 34 heavy (non-hydrogen) atoms. The van der Waals surface area contributed by atoms with Gasteiger partial charge < -0.3 is 15.4 Å². The van der Waals surface area contributed by atoms with Crippen LogP contribution in [-0.2, 0) is 11.2 Å². The van der Waals surface area contributed by atoms with Crippen LogP contribution in [0.4, 0.5) is 13.2 Å². The second-order valence-corrected chi connectivity index (χ2v) is 8.40. The van der Waals surface area contributed by atoms with Crippen molar-refractivity contribution in [1.29, 1.82) is 0 Å². The monoisotopic (exact) mass is 580 g/mol. The number of carbonyl (C=O) groups excluding carboxylic acids is 1. The maximum atomic E-state index is 12.2. The van der Waals surface area contributed by atoms with E-state index in [4.69, 9.17) is 9.90 Å². The van der Waals surface area contributed by atoms with E-state index < -0.39 is 12.1 Å². The second kappa shape index (κ2) is 9.41. The third kappa shape index (κ3) is 4.88. The van der Waals surface area contributed by atoms with Gasteiger partial charge in [0.25, 0.3) is 5.91 Å². The third-order valence-corrected chi connectivity index (χ3v) is 6.16. The van der Waals surface area contributed by atoms with E-state index in [-0.39, 0.29) is 5.91 Å². The van der Waals surface area contributed by atoms with Crippen molar-refractivity contribution in [1.82, 2.24) is 20.3 Å². The fraction of sp³-hybridized carbons (Fsp3) is 0.130. The fourth-order valence-corrected chi connectivity index (χ4v) is 4.51. The predicted molar refractivity (Wildman–Crippen MR) is 127 cm³/mol. The maximum absolute atomic E-state index is 12.2. The van der Waals surface area contributed by atoms with Crippen molar-refractivity contribution >= 4 is 45.4 Å². The molecule has 0 atom stereocenters. The number of nitrogens with zero attached hydrogens (tertiary/aromatic N) is 2. The van der Waals surface area contributed by atoms with Gasteiger partial charge in [-0.1, -0.05) is 18.2 Å². The molecule has 4 heterocycles. The summed E-state index contributed by atoms with van der Waals surface area (Å²) < 4.78 is 32.7. The number of hydrogen-bond acceptors (Lipinski definition) is 4. The summed E-state index contributed by atoms with van der Waals surface area (Å²) >= 11 is 2.25. The number of nitrogens with one attached hydrogen (secondary N) is 2. The molecule has 3 aromatic heterocycles. The number of para-hydroxylation sites is 1. The molecule has 4 aromatic rings. The van der Waals surface area contributed by atoms with Crippen LogP contribution in [0.25, 0.3) is 33.4 Å². The minimum Gasteiger partial charge on any atom is -0.475 e. The number of carboxylic acids is 1. The quantitative estimate of drug-likeness (QED) is 0.295. The molecule has 0 saturated heterocycles. The molecule has 7 nitrogen and oxygen atoms in total. The van der Waals surface area contributed by atoms with Crippen molar-refractivity contribution in [3.05, 3.63) is 69.7 Å². The van der Waals surface area contributed by atoms with Crippen molar-refractivity contribution < 1.29 is 27.9 Å². The van der Waals surface area contributed by atoms with E-state index in [1.165, 1.54) is 0 Å². The highest BCUT2D eigenvalue weighted by Crippen LogP contribution is 2.33. The predicted octanol–water partition coefficient (Wildman–Crippen LogP) is 4.82. The fourth-order valence-electron chi connectivity index (χ4n) is 3.49. The zero-order chi connectivity index (χ0) is 24.5. The van der Waals surface area contributed by atoms with Gasteiger partial charge in [0.15, 0.2) is 0 Å². The van der Waals surface area contributed by atoms with Gasteiger partial charge in [0.1, 0.15) is 0 Å². The number of amides is 1. The van der Waals surface area contributed by atoms with Gasteiger partial charge in [0, 0.05) is 47.6 Å². The van der Waals surface area contributed by atoms with Crippen molar-refractivity contribution in [2.24, 2.45) is 0 Å². The van der Waals surface area contributed by atoms with Crippen molar-refractivity contribution in [2.75, 3.05) is 6.54 Å². The van der Waals surface area contributed by atoms with E-state index in [1.807, 2.05) is 36.5 Å². The molecule has 1 amide bonds. The summed E-state index contributed by atoms with van der Waals surface area (Å²) in [7, 11) is 0. The average Bonchev–Trinajstić information content (AvgIpc) is 3.16. The Morgan fingerprint density at radius 3 is 2.53 bits per heavy atom. The number of aromatic amines is 1. The maximum Gasteiger partial charge on any atom is 0.490 e. The van der Waals surface area contributed by atoms with Crippen molar-refractivity contribution in [3.8, 4) is 22.5 Å². The summed E-state index contributed by atoms with van der Waals surface area (Å²) in [5, 5.41) is 11.1. The van der Waals surface area contributed by atoms with E-state index in [2.05, 4.69) is 55.0 Å². The van der Waals surface area contributed by atoms with Gasteiger partial charge in [-0.3, -0.25) is 14.8 Å². The standard InChI is InChI=1S/C21H15IN4O.C2HF3O2/c22-19-18-16(6-8-24-21(18)27)26-20(19)13-5-7-23-17(10-13)14-9-12-3-1-2-4-15(12)25-11-14;3-2(4,5)1(6)7/h1-5,7,9-11,26H,6,8H2,(H,24,27);(H,6,7). The highest BCUT2D eigenvalue weighted by Gasteiger charge is 2.38. The van der Waals surface area contributed by atoms with E-state index >= 15 is 0 Å². The summed E-state index contributed by atoms with van der Waals surface area (Å²) in [4.78, 5) is 33.6. The van der Waals surface area contributed by atoms with Gasteiger partial charge in [-0.25, -0.2) is 4.79 Å². The summed E-state index contributed by atoms with van der Waals surface area (Å²) in [6, 6.07) is 14.2. The lowest BCUT2D eigenvalue weighted by atomic mass is 10.1. The van der Waals surface area contributed by atoms with Gasteiger partial charge in [0.2, 0.25) is 0 Å². The number of aliphatic carboxylic acids is 1. The Kier molecular flexibility index (Phi) is 6.55. The highest BCUT2D eigenvalue weighted by molar-refractivity contribution is 14.1. The lowest BCUT2D eigenvalue weighted by Gasteiger charge is -2.11. The molecule has 0 bridgehead atoms. The first-order valence-electron chi connectivity index (χ1n) is 9.95. The molecular formula is C23H16F3IN4O3. The van der Waals surface area contributed by atoms with Gasteiger partial charge in [-0.15, -0.1) is 0 Å². The zero-order valence-electron chi connectivity index (χ0n) is 17.3. The number of H-pyrrole nitrogens is 1. The minimum atomic E-state index is -5.08. The number of aromatic nitrogens is 3. The van der Waals surface area contributed by atoms with Crippen LogP contribution < -0.4 is 5.32 Å². The molecule has 0 fully saturated rings. The van der Waals surface area contributed by atoms with E-state index in [0.29, 0.717) is 6.54 Å². The van der Waals surface area contributed by atoms with Crippen LogP contribution in [0, 0.1) is 3.57 Å². The summed E-state index contributed by atoms with van der Waals surface area (Å²) in [6.07, 6.45) is -0.605. The summed E-state index contributed by atoms with van der Waals surface area (Å²) in [5.74, 6) is -2.76. The Balaban J connectivity index is 0.000000344. The Morgan fingerprint density at radius 1 is 1.09 bits per heavy atom. The molecule has 1 aliphatic heterocycles. The first-order chi connectivity index (χ1) is 16.1. The lowest BCUT2D eigenvalue weighted by Crippen LogP contribution is -2.31. The molecular weight excluding hydrogens is 564 g/mol. The largest absolute Gasteiger partial charge is 0.490 e. The number of fused-ring (bicyclic) bond motifs is 2. The van der Waals surface area contributed by atoms with Crippen LogP contribution in [-0.4, -0.2) is 44.7 Å². The third-order valence-electron chi connectivity index (χ3n) is 5.08. The van der Waals surface area contributed by atoms with Crippen LogP contribution in [0.15, 0.2) is 54.9 Å². The number of hydrogen-bond donors (Lipinski definition) is 3. The van der Waals surface area contributed by atoms with E-state index in [9.17, 15) is 18.0 Å². The number of halogens is 4. The van der Waals surface area contributed by atoms with Crippen LogP contribution in [0.2, 0.25) is 0 Å². The van der Waals surface area contributed by atoms with Crippen molar-refractivity contribution in [2.45, 2.75) is 12.6 Å². The first kappa shape index (κ1) is 23.7. The van der Waals surface area contributed by atoms with E-state index in [0.717, 1.165) is 54.7 Å². The van der Waals surface area contributed by atoms with Crippen LogP contribution in [0.3, 0.4) is 0 Å². The number of pyridine rings is 2. The molecule has 0 saturated carbocycles. The Labute approximate surface area is 204 Å². The van der Waals surface area contributed by atoms with Gasteiger partial charge in [-0.2, -0.15) is 13.2 Å². The highest BCUT2D eigenvalue weighted by atomic mass is 127. The zero-order valence-corrected chi connectivity index (χ0v) is 19.4. The molecule has 0 radical (unpaired) electrons. The molecule has 5 rings (SSSR count). The molecule has 1 aliphatic rings. The molecule has 11 heteroatoms. The van der Waals surface area contributed by atoms with Crippen LogP contribution >= 0.6 is 22.6 Å². The molecule has 0 unspecified atom stereocenters. The Bertz CT molecular complexity index is 1400. The molecule has 174 valence electrons. The number of alkyl halides is 3. The number of carbonyl (C=O) groups is 2.